The molecule has 2 aromatic rings. The number of piperidine rings is 1. The first-order valence-electron chi connectivity index (χ1n) is 9.30. The summed E-state index contributed by atoms with van der Waals surface area (Å²) in [5.41, 5.74) is 2.06. The van der Waals surface area contributed by atoms with Crippen LogP contribution in [-0.2, 0) is 17.9 Å². The first-order valence-corrected chi connectivity index (χ1v) is 9.30. The summed E-state index contributed by atoms with van der Waals surface area (Å²) in [5, 5.41) is 3.04. The number of hydrogen-bond donors (Lipinski definition) is 1. The minimum absolute atomic E-state index is 0.0202. The Morgan fingerprint density at radius 1 is 1.11 bits per heavy atom. The second-order valence-electron chi connectivity index (χ2n) is 7.11. The highest BCUT2D eigenvalue weighted by Gasteiger charge is 2.25. The molecule has 0 bridgehead atoms. The molecule has 0 saturated carbocycles. The van der Waals surface area contributed by atoms with Gasteiger partial charge in [0.25, 0.3) is 0 Å². The predicted molar refractivity (Wildman–Crippen MR) is 98.8 cm³/mol. The third kappa shape index (κ3) is 4.39. The van der Waals surface area contributed by atoms with Gasteiger partial charge in [-0.15, -0.1) is 0 Å². The number of nitrogens with zero attached hydrogens (tertiary/aromatic N) is 1. The number of ether oxygens (including phenoxy) is 2. The summed E-state index contributed by atoms with van der Waals surface area (Å²) < 4.78 is 23.7. The minimum atomic E-state index is -0.224. The van der Waals surface area contributed by atoms with Gasteiger partial charge in [0, 0.05) is 19.6 Å². The molecule has 27 heavy (non-hydrogen) atoms. The van der Waals surface area contributed by atoms with E-state index in [0.717, 1.165) is 55.1 Å². The largest absolute Gasteiger partial charge is 0.454 e. The molecule has 1 atom stereocenters. The van der Waals surface area contributed by atoms with Crippen molar-refractivity contribution in [1.82, 2.24) is 10.2 Å². The number of nitrogens with one attached hydrogen (secondary N) is 1. The fourth-order valence-corrected chi connectivity index (χ4v) is 3.65. The van der Waals surface area contributed by atoms with Gasteiger partial charge in [0.2, 0.25) is 12.7 Å². The van der Waals surface area contributed by atoms with E-state index in [2.05, 4.69) is 10.2 Å². The van der Waals surface area contributed by atoms with E-state index in [4.69, 9.17) is 9.47 Å². The summed E-state index contributed by atoms with van der Waals surface area (Å²) in [6, 6.07) is 12.3. The Morgan fingerprint density at radius 3 is 2.74 bits per heavy atom. The second kappa shape index (κ2) is 7.96. The lowest BCUT2D eigenvalue weighted by molar-refractivity contribution is -0.126. The van der Waals surface area contributed by atoms with E-state index < -0.39 is 0 Å². The Bertz CT molecular complexity index is 810. The number of carbonyl (C=O) groups is 1. The SMILES string of the molecule is O=C(NCc1ccc2c(c1)OCO2)[C@H]1CCCN(Cc2ccc(F)cc2)C1. The Hall–Kier alpha value is -2.60. The first-order chi connectivity index (χ1) is 13.2. The highest BCUT2D eigenvalue weighted by molar-refractivity contribution is 5.79. The molecule has 1 fully saturated rings. The van der Waals surface area contributed by atoms with Gasteiger partial charge in [0.05, 0.1) is 5.92 Å². The number of likely N-dealkylation sites (tertiary alicyclic amines) is 1. The fourth-order valence-electron chi connectivity index (χ4n) is 3.65. The minimum Gasteiger partial charge on any atom is -0.454 e. The van der Waals surface area contributed by atoms with Crippen molar-refractivity contribution in [3.63, 3.8) is 0 Å². The molecule has 0 aromatic heterocycles. The zero-order valence-electron chi connectivity index (χ0n) is 15.1. The lowest BCUT2D eigenvalue weighted by Crippen LogP contribution is -2.42. The molecule has 142 valence electrons. The average molecular weight is 370 g/mol. The standard InChI is InChI=1S/C21H23FN2O3/c22-18-6-3-15(4-7-18)12-24-9-1-2-17(13-24)21(25)23-11-16-5-8-19-20(10-16)27-14-26-19/h3-8,10,17H,1-2,9,11-14H2,(H,23,25)/t17-/m0/s1. The molecule has 2 aliphatic heterocycles. The topological polar surface area (TPSA) is 50.8 Å². The predicted octanol–water partition coefficient (Wildman–Crippen LogP) is 3.08. The third-order valence-electron chi connectivity index (χ3n) is 5.10. The number of fused-ring (bicyclic) bond motifs is 1. The maximum Gasteiger partial charge on any atom is 0.231 e. The van der Waals surface area contributed by atoms with Crippen molar-refractivity contribution in [1.29, 1.82) is 0 Å². The van der Waals surface area contributed by atoms with Crippen LogP contribution in [-0.4, -0.2) is 30.7 Å². The van der Waals surface area contributed by atoms with Gasteiger partial charge in [-0.3, -0.25) is 9.69 Å². The molecular weight excluding hydrogens is 347 g/mol. The molecule has 1 amide bonds. The molecule has 0 radical (unpaired) electrons. The van der Waals surface area contributed by atoms with Gasteiger partial charge in [-0.05, 0) is 54.8 Å². The molecule has 0 spiro atoms. The molecule has 4 rings (SSSR count). The van der Waals surface area contributed by atoms with Crippen LogP contribution in [0.25, 0.3) is 0 Å². The van der Waals surface area contributed by atoms with E-state index in [0.29, 0.717) is 6.54 Å². The summed E-state index contributed by atoms with van der Waals surface area (Å²) in [6.45, 7) is 3.15. The van der Waals surface area contributed by atoms with E-state index in [1.54, 1.807) is 12.1 Å². The molecule has 2 heterocycles. The van der Waals surface area contributed by atoms with Crippen LogP contribution in [0.5, 0.6) is 11.5 Å². The molecule has 1 saturated heterocycles. The Morgan fingerprint density at radius 2 is 1.89 bits per heavy atom. The smallest absolute Gasteiger partial charge is 0.231 e. The van der Waals surface area contributed by atoms with Crippen LogP contribution in [0.2, 0.25) is 0 Å². The average Bonchev–Trinajstić information content (AvgIpc) is 3.16. The van der Waals surface area contributed by atoms with E-state index in [-0.39, 0.29) is 24.4 Å². The molecule has 1 N–H and O–H groups in total. The summed E-state index contributed by atoms with van der Waals surface area (Å²) in [5.74, 6) is 1.31. The molecule has 0 unspecified atom stereocenters. The first kappa shape index (κ1) is 17.8. The van der Waals surface area contributed by atoms with E-state index in [9.17, 15) is 9.18 Å². The molecule has 5 nitrogen and oxygen atoms in total. The van der Waals surface area contributed by atoms with Crippen LogP contribution in [0.3, 0.4) is 0 Å². The number of carbonyl (C=O) groups excluding carboxylic acids is 1. The molecule has 2 aliphatic rings. The van der Waals surface area contributed by atoms with Gasteiger partial charge in [-0.2, -0.15) is 0 Å². The molecule has 6 heteroatoms. The van der Waals surface area contributed by atoms with Gasteiger partial charge < -0.3 is 14.8 Å². The summed E-state index contributed by atoms with van der Waals surface area (Å²) >= 11 is 0. The normalized spacial score (nSPS) is 19.1. The van der Waals surface area contributed by atoms with Gasteiger partial charge in [-0.1, -0.05) is 18.2 Å². The quantitative estimate of drug-likeness (QED) is 0.879. The Labute approximate surface area is 158 Å². The van der Waals surface area contributed by atoms with Crippen molar-refractivity contribution < 1.29 is 18.7 Å². The van der Waals surface area contributed by atoms with Crippen LogP contribution >= 0.6 is 0 Å². The van der Waals surface area contributed by atoms with Crippen molar-refractivity contribution >= 4 is 5.91 Å². The number of hydrogen-bond acceptors (Lipinski definition) is 4. The van der Waals surface area contributed by atoms with Gasteiger partial charge in [0.15, 0.2) is 11.5 Å². The monoisotopic (exact) mass is 370 g/mol. The van der Waals surface area contributed by atoms with Gasteiger partial charge >= 0.3 is 0 Å². The third-order valence-corrected chi connectivity index (χ3v) is 5.10. The van der Waals surface area contributed by atoms with E-state index >= 15 is 0 Å². The van der Waals surface area contributed by atoms with Crippen LogP contribution in [0, 0.1) is 11.7 Å². The maximum atomic E-state index is 13.0. The summed E-state index contributed by atoms with van der Waals surface area (Å²) in [7, 11) is 0. The molecular formula is C21H23FN2O3. The van der Waals surface area contributed by atoms with Crippen molar-refractivity contribution in [3.05, 3.63) is 59.4 Å². The second-order valence-corrected chi connectivity index (χ2v) is 7.11. The summed E-state index contributed by atoms with van der Waals surface area (Å²) in [6.07, 6.45) is 1.89. The fraction of sp³-hybridized carbons (Fsp3) is 0.381. The zero-order chi connectivity index (χ0) is 18.6. The van der Waals surface area contributed by atoms with Gasteiger partial charge in [0.1, 0.15) is 5.82 Å². The zero-order valence-corrected chi connectivity index (χ0v) is 15.1. The lowest BCUT2D eigenvalue weighted by atomic mass is 9.96. The van der Waals surface area contributed by atoms with Crippen molar-refractivity contribution in [2.45, 2.75) is 25.9 Å². The van der Waals surface area contributed by atoms with Crippen molar-refractivity contribution in [2.24, 2.45) is 5.92 Å². The number of rotatable bonds is 5. The van der Waals surface area contributed by atoms with Crippen molar-refractivity contribution in [2.75, 3.05) is 19.9 Å². The van der Waals surface area contributed by atoms with E-state index in [1.807, 2.05) is 18.2 Å². The Balaban J connectivity index is 1.29. The van der Waals surface area contributed by atoms with Crippen molar-refractivity contribution in [3.8, 4) is 11.5 Å². The number of benzene rings is 2. The highest BCUT2D eigenvalue weighted by atomic mass is 19.1. The maximum absolute atomic E-state index is 13.0. The molecule has 2 aromatic carbocycles. The number of amides is 1. The Kier molecular flexibility index (Phi) is 5.25. The lowest BCUT2D eigenvalue weighted by Gasteiger charge is -2.32. The van der Waals surface area contributed by atoms with Crippen LogP contribution in [0.1, 0.15) is 24.0 Å². The van der Waals surface area contributed by atoms with Gasteiger partial charge in [-0.25, -0.2) is 4.39 Å². The molecule has 0 aliphatic carbocycles. The van der Waals surface area contributed by atoms with Crippen LogP contribution in [0.15, 0.2) is 42.5 Å². The van der Waals surface area contributed by atoms with Crippen LogP contribution < -0.4 is 14.8 Å². The highest BCUT2D eigenvalue weighted by Crippen LogP contribution is 2.32. The number of halogens is 1. The van der Waals surface area contributed by atoms with E-state index in [1.165, 1.54) is 12.1 Å². The van der Waals surface area contributed by atoms with Crippen LogP contribution in [0.4, 0.5) is 4.39 Å². The summed E-state index contributed by atoms with van der Waals surface area (Å²) in [4.78, 5) is 14.9.